The Morgan fingerprint density at radius 3 is 2.89 bits per heavy atom. The van der Waals surface area contributed by atoms with E-state index in [2.05, 4.69) is 11.8 Å². The number of hydrogen-bond donors (Lipinski definition) is 1. The van der Waals surface area contributed by atoms with Crippen LogP contribution in [0.1, 0.15) is 18.9 Å². The van der Waals surface area contributed by atoms with Crippen molar-refractivity contribution in [2.24, 2.45) is 11.7 Å². The lowest BCUT2D eigenvalue weighted by atomic mass is 9.94. The second-order valence-electron chi connectivity index (χ2n) is 5.13. The first-order valence-electron chi connectivity index (χ1n) is 6.40. The summed E-state index contributed by atoms with van der Waals surface area (Å²) >= 11 is 0. The third-order valence-corrected chi connectivity index (χ3v) is 3.72. The molecule has 0 bridgehead atoms. The molecule has 2 rings (SSSR count). The summed E-state index contributed by atoms with van der Waals surface area (Å²) in [5.74, 6) is 0.571. The van der Waals surface area contributed by atoms with Crippen LogP contribution in [0.25, 0.3) is 0 Å². The maximum atomic E-state index is 13.6. The average molecular weight is 252 g/mol. The lowest BCUT2D eigenvalue weighted by Gasteiger charge is -2.35. The van der Waals surface area contributed by atoms with E-state index in [0.717, 1.165) is 31.6 Å². The standard InChI is InChI=1S/C14H21FN2O/c1-10-5-6-17(9-13(10)16)8-11-3-4-14(18-2)12(15)7-11/h3-4,7,10,13H,5-6,8-9,16H2,1-2H3. The summed E-state index contributed by atoms with van der Waals surface area (Å²) in [6, 6.07) is 5.35. The predicted octanol–water partition coefficient (Wildman–Crippen LogP) is 2.00. The Balaban J connectivity index is 1.99. The van der Waals surface area contributed by atoms with Gasteiger partial charge in [-0.15, -0.1) is 0 Å². The normalized spacial score (nSPS) is 25.1. The van der Waals surface area contributed by atoms with Crippen molar-refractivity contribution in [3.8, 4) is 5.75 Å². The molecule has 0 saturated carbocycles. The number of halogens is 1. The van der Waals surface area contributed by atoms with Gasteiger partial charge in [0.2, 0.25) is 0 Å². The first-order valence-corrected chi connectivity index (χ1v) is 6.40. The third-order valence-electron chi connectivity index (χ3n) is 3.72. The molecule has 1 aromatic carbocycles. The molecule has 1 heterocycles. The molecule has 0 radical (unpaired) electrons. The number of piperidine rings is 1. The molecule has 0 aromatic heterocycles. The fourth-order valence-electron chi connectivity index (χ4n) is 2.38. The van der Waals surface area contributed by atoms with Gasteiger partial charge >= 0.3 is 0 Å². The van der Waals surface area contributed by atoms with Crippen molar-refractivity contribution in [1.82, 2.24) is 4.90 Å². The van der Waals surface area contributed by atoms with Gasteiger partial charge < -0.3 is 10.5 Å². The molecular formula is C14H21FN2O. The first kappa shape index (κ1) is 13.3. The van der Waals surface area contributed by atoms with Crippen molar-refractivity contribution < 1.29 is 9.13 Å². The van der Waals surface area contributed by atoms with Crippen LogP contribution in [0.15, 0.2) is 18.2 Å². The fraction of sp³-hybridized carbons (Fsp3) is 0.571. The summed E-state index contributed by atoms with van der Waals surface area (Å²) in [4.78, 5) is 2.28. The highest BCUT2D eigenvalue weighted by Crippen LogP contribution is 2.21. The second kappa shape index (κ2) is 5.67. The molecular weight excluding hydrogens is 231 g/mol. The number of likely N-dealkylation sites (tertiary alicyclic amines) is 1. The molecule has 0 spiro atoms. The quantitative estimate of drug-likeness (QED) is 0.894. The van der Waals surface area contributed by atoms with Crippen LogP contribution in [0.3, 0.4) is 0 Å². The maximum Gasteiger partial charge on any atom is 0.165 e. The minimum absolute atomic E-state index is 0.224. The van der Waals surface area contributed by atoms with Gasteiger partial charge in [-0.25, -0.2) is 4.39 Å². The summed E-state index contributed by atoms with van der Waals surface area (Å²) in [5.41, 5.74) is 7.03. The van der Waals surface area contributed by atoms with Crippen molar-refractivity contribution >= 4 is 0 Å². The van der Waals surface area contributed by atoms with Crippen molar-refractivity contribution in [2.75, 3.05) is 20.2 Å². The number of rotatable bonds is 3. The molecule has 4 heteroatoms. The van der Waals surface area contributed by atoms with E-state index in [9.17, 15) is 4.39 Å². The number of nitrogens with two attached hydrogens (primary N) is 1. The van der Waals surface area contributed by atoms with Gasteiger partial charge in [0.05, 0.1) is 7.11 Å². The minimum atomic E-state index is -0.301. The van der Waals surface area contributed by atoms with E-state index in [4.69, 9.17) is 10.5 Å². The zero-order chi connectivity index (χ0) is 13.1. The molecule has 1 fully saturated rings. The Bertz CT molecular complexity index is 411. The lowest BCUT2D eigenvalue weighted by Crippen LogP contribution is -2.47. The molecule has 0 amide bonds. The van der Waals surface area contributed by atoms with E-state index < -0.39 is 0 Å². The molecule has 18 heavy (non-hydrogen) atoms. The van der Waals surface area contributed by atoms with Crippen LogP contribution in [0, 0.1) is 11.7 Å². The molecule has 1 aliphatic rings. The number of nitrogens with zero attached hydrogens (tertiary/aromatic N) is 1. The second-order valence-corrected chi connectivity index (χ2v) is 5.13. The summed E-state index contributed by atoms with van der Waals surface area (Å²) in [5, 5.41) is 0. The Morgan fingerprint density at radius 2 is 2.28 bits per heavy atom. The third kappa shape index (κ3) is 3.00. The van der Waals surface area contributed by atoms with Crippen LogP contribution in [0.5, 0.6) is 5.75 Å². The fourth-order valence-corrected chi connectivity index (χ4v) is 2.38. The smallest absolute Gasteiger partial charge is 0.165 e. The number of hydrogen-bond acceptors (Lipinski definition) is 3. The Hall–Kier alpha value is -1.13. The lowest BCUT2D eigenvalue weighted by molar-refractivity contribution is 0.162. The van der Waals surface area contributed by atoms with Crippen molar-refractivity contribution in [1.29, 1.82) is 0 Å². The van der Waals surface area contributed by atoms with Crippen LogP contribution in [0.4, 0.5) is 4.39 Å². The molecule has 0 aliphatic carbocycles. The van der Waals surface area contributed by atoms with E-state index in [1.165, 1.54) is 7.11 Å². The van der Waals surface area contributed by atoms with Gasteiger partial charge in [-0.1, -0.05) is 13.0 Å². The van der Waals surface area contributed by atoms with E-state index in [1.54, 1.807) is 12.1 Å². The van der Waals surface area contributed by atoms with Crippen LogP contribution in [-0.2, 0) is 6.54 Å². The van der Waals surface area contributed by atoms with Gasteiger partial charge in [0.15, 0.2) is 11.6 Å². The first-order chi connectivity index (χ1) is 8.60. The van der Waals surface area contributed by atoms with Gasteiger partial charge in [0, 0.05) is 19.1 Å². The molecule has 2 unspecified atom stereocenters. The Labute approximate surface area is 108 Å². The van der Waals surface area contributed by atoms with Crippen LogP contribution in [0.2, 0.25) is 0 Å². The summed E-state index contributed by atoms with van der Waals surface area (Å²) < 4.78 is 18.5. The van der Waals surface area contributed by atoms with Crippen molar-refractivity contribution in [3.05, 3.63) is 29.6 Å². The highest BCUT2D eigenvalue weighted by atomic mass is 19.1. The van der Waals surface area contributed by atoms with E-state index in [1.807, 2.05) is 6.07 Å². The van der Waals surface area contributed by atoms with E-state index in [-0.39, 0.29) is 11.9 Å². The van der Waals surface area contributed by atoms with Gasteiger partial charge in [-0.3, -0.25) is 4.90 Å². The van der Waals surface area contributed by atoms with Crippen molar-refractivity contribution in [3.63, 3.8) is 0 Å². The minimum Gasteiger partial charge on any atom is -0.494 e. The number of methoxy groups -OCH3 is 1. The van der Waals surface area contributed by atoms with E-state index >= 15 is 0 Å². The van der Waals surface area contributed by atoms with Crippen LogP contribution in [-0.4, -0.2) is 31.1 Å². The predicted molar refractivity (Wildman–Crippen MR) is 70.0 cm³/mol. The highest BCUT2D eigenvalue weighted by Gasteiger charge is 2.23. The molecule has 100 valence electrons. The highest BCUT2D eigenvalue weighted by molar-refractivity contribution is 5.29. The van der Waals surface area contributed by atoms with Gasteiger partial charge in [0.25, 0.3) is 0 Å². The van der Waals surface area contributed by atoms with Crippen LogP contribution < -0.4 is 10.5 Å². The number of benzene rings is 1. The largest absolute Gasteiger partial charge is 0.494 e. The molecule has 1 aliphatic heterocycles. The monoisotopic (exact) mass is 252 g/mol. The SMILES string of the molecule is COc1ccc(CN2CCC(C)C(N)C2)cc1F. The molecule has 1 saturated heterocycles. The van der Waals surface area contributed by atoms with Gasteiger partial charge in [0.1, 0.15) is 0 Å². The molecule has 2 N–H and O–H groups in total. The molecule has 2 atom stereocenters. The van der Waals surface area contributed by atoms with Gasteiger partial charge in [-0.2, -0.15) is 0 Å². The summed E-state index contributed by atoms with van der Waals surface area (Å²) in [6.45, 7) is 4.85. The summed E-state index contributed by atoms with van der Waals surface area (Å²) in [7, 11) is 1.48. The Morgan fingerprint density at radius 1 is 1.50 bits per heavy atom. The zero-order valence-electron chi connectivity index (χ0n) is 11.0. The molecule has 3 nitrogen and oxygen atoms in total. The van der Waals surface area contributed by atoms with E-state index in [0.29, 0.717) is 11.7 Å². The van der Waals surface area contributed by atoms with Crippen LogP contribution >= 0.6 is 0 Å². The Kier molecular flexibility index (Phi) is 4.19. The topological polar surface area (TPSA) is 38.5 Å². The molecule has 1 aromatic rings. The summed E-state index contributed by atoms with van der Waals surface area (Å²) in [6.07, 6.45) is 1.11. The van der Waals surface area contributed by atoms with Gasteiger partial charge in [-0.05, 0) is 36.6 Å². The van der Waals surface area contributed by atoms with Crippen molar-refractivity contribution in [2.45, 2.75) is 25.9 Å². The number of ether oxygens (including phenoxy) is 1. The average Bonchev–Trinajstić information content (AvgIpc) is 2.34. The zero-order valence-corrected chi connectivity index (χ0v) is 11.0. The maximum absolute atomic E-state index is 13.6.